The number of carbonyl (C=O) groups is 1. The first kappa shape index (κ1) is 10.1. The van der Waals surface area contributed by atoms with Crippen LogP contribution in [0.25, 0.3) is 0 Å². The Morgan fingerprint density at radius 1 is 1.33 bits per heavy atom. The van der Waals surface area contributed by atoms with E-state index in [0.29, 0.717) is 18.4 Å². The number of hydrogen-bond acceptors (Lipinski definition) is 2. The molecule has 1 aliphatic carbocycles. The van der Waals surface area contributed by atoms with E-state index >= 15 is 0 Å². The maximum absolute atomic E-state index is 12.2. The first-order valence-electron chi connectivity index (χ1n) is 4.48. The minimum absolute atomic E-state index is 0.558. The minimum atomic E-state index is -4.42. The minimum Gasteiger partial charge on any atom is -0.302 e. The van der Waals surface area contributed by atoms with Gasteiger partial charge in [-0.05, 0) is 24.5 Å². The number of alkyl halides is 3. The van der Waals surface area contributed by atoms with Crippen LogP contribution in [0, 0.1) is 0 Å². The Hall–Kier alpha value is -1.39. The number of aldehydes is 1. The van der Waals surface area contributed by atoms with Crippen LogP contribution in [0.4, 0.5) is 13.2 Å². The summed E-state index contributed by atoms with van der Waals surface area (Å²) < 4.78 is 36.5. The summed E-state index contributed by atoms with van der Waals surface area (Å²) in [5.74, 6) is 0. The van der Waals surface area contributed by atoms with Crippen LogP contribution in [0.5, 0.6) is 0 Å². The lowest BCUT2D eigenvalue weighted by molar-refractivity contribution is -0.141. The summed E-state index contributed by atoms with van der Waals surface area (Å²) >= 11 is 0. The highest BCUT2D eigenvalue weighted by Crippen LogP contribution is 2.46. The number of hydrogen-bond donors (Lipinski definition) is 0. The van der Waals surface area contributed by atoms with Gasteiger partial charge in [-0.3, -0.25) is 4.98 Å². The summed E-state index contributed by atoms with van der Waals surface area (Å²) in [6.45, 7) is 0. The molecule has 0 N–H and O–H groups in total. The fourth-order valence-corrected chi connectivity index (χ4v) is 1.47. The molecule has 2 nitrogen and oxygen atoms in total. The van der Waals surface area contributed by atoms with Gasteiger partial charge >= 0.3 is 6.18 Å². The molecule has 1 saturated carbocycles. The van der Waals surface area contributed by atoms with Gasteiger partial charge in [-0.2, -0.15) is 13.2 Å². The van der Waals surface area contributed by atoms with Crippen LogP contribution in [-0.4, -0.2) is 11.3 Å². The van der Waals surface area contributed by atoms with Crippen LogP contribution >= 0.6 is 0 Å². The van der Waals surface area contributed by atoms with E-state index in [1.54, 1.807) is 0 Å². The van der Waals surface area contributed by atoms with Crippen LogP contribution in [0.2, 0.25) is 0 Å². The van der Waals surface area contributed by atoms with Crippen LogP contribution in [0.1, 0.15) is 24.1 Å². The van der Waals surface area contributed by atoms with Crippen molar-refractivity contribution in [3.05, 3.63) is 29.6 Å². The summed E-state index contributed by atoms with van der Waals surface area (Å²) in [6.07, 6.45) is -1.09. The normalized spacial score (nSPS) is 18.6. The van der Waals surface area contributed by atoms with Crippen molar-refractivity contribution in [3.8, 4) is 0 Å². The number of pyridine rings is 1. The molecule has 0 radical (unpaired) electrons. The molecule has 1 aromatic rings. The van der Waals surface area contributed by atoms with Crippen molar-refractivity contribution in [2.75, 3.05) is 0 Å². The summed E-state index contributed by atoms with van der Waals surface area (Å²) in [4.78, 5) is 14.0. The summed E-state index contributed by atoms with van der Waals surface area (Å²) in [7, 11) is 0. The van der Waals surface area contributed by atoms with Gasteiger partial charge in [0.05, 0.1) is 5.41 Å². The quantitative estimate of drug-likeness (QED) is 0.708. The molecule has 15 heavy (non-hydrogen) atoms. The highest BCUT2D eigenvalue weighted by Gasteiger charge is 2.45. The molecule has 5 heteroatoms. The average molecular weight is 215 g/mol. The van der Waals surface area contributed by atoms with Crippen molar-refractivity contribution in [2.24, 2.45) is 0 Å². The van der Waals surface area contributed by atoms with Crippen molar-refractivity contribution < 1.29 is 18.0 Å². The van der Waals surface area contributed by atoms with Gasteiger partial charge in [0.25, 0.3) is 0 Å². The van der Waals surface area contributed by atoms with Gasteiger partial charge in [0.15, 0.2) is 0 Å². The Morgan fingerprint density at radius 2 is 2.00 bits per heavy atom. The molecule has 0 atom stereocenters. The van der Waals surface area contributed by atoms with Crippen molar-refractivity contribution in [1.82, 2.24) is 4.98 Å². The lowest BCUT2D eigenvalue weighted by Crippen LogP contribution is -2.12. The van der Waals surface area contributed by atoms with Gasteiger partial charge in [0.1, 0.15) is 12.0 Å². The number of rotatable bonds is 2. The summed E-state index contributed by atoms with van der Waals surface area (Å²) in [5, 5.41) is 0. The molecular weight excluding hydrogens is 207 g/mol. The lowest BCUT2D eigenvalue weighted by atomic mass is 10.00. The zero-order valence-electron chi connectivity index (χ0n) is 7.71. The van der Waals surface area contributed by atoms with Crippen molar-refractivity contribution in [1.29, 1.82) is 0 Å². The molecule has 0 unspecified atom stereocenters. The largest absolute Gasteiger partial charge is 0.433 e. The highest BCUT2D eigenvalue weighted by atomic mass is 19.4. The van der Waals surface area contributed by atoms with E-state index in [2.05, 4.69) is 4.98 Å². The SMILES string of the molecule is O=CC1(c2ccc(C(F)(F)F)nc2)CC1. The van der Waals surface area contributed by atoms with Crippen molar-refractivity contribution in [2.45, 2.75) is 24.4 Å². The van der Waals surface area contributed by atoms with Crippen LogP contribution in [0.3, 0.4) is 0 Å². The van der Waals surface area contributed by atoms with Gasteiger partial charge in [-0.1, -0.05) is 6.07 Å². The Morgan fingerprint density at radius 3 is 2.33 bits per heavy atom. The van der Waals surface area contributed by atoms with Gasteiger partial charge < -0.3 is 4.79 Å². The fraction of sp³-hybridized carbons (Fsp3) is 0.400. The van der Waals surface area contributed by atoms with E-state index in [9.17, 15) is 18.0 Å². The third-order valence-electron chi connectivity index (χ3n) is 2.64. The smallest absolute Gasteiger partial charge is 0.302 e. The van der Waals surface area contributed by atoms with Crippen molar-refractivity contribution >= 4 is 6.29 Å². The number of carbonyl (C=O) groups excluding carboxylic acids is 1. The molecule has 0 spiro atoms. The first-order valence-corrected chi connectivity index (χ1v) is 4.48. The van der Waals surface area contributed by atoms with E-state index in [1.807, 2.05) is 0 Å². The van der Waals surface area contributed by atoms with E-state index in [4.69, 9.17) is 0 Å². The number of halogens is 3. The Kier molecular flexibility index (Phi) is 2.06. The second kappa shape index (κ2) is 3.05. The monoisotopic (exact) mass is 215 g/mol. The predicted molar refractivity (Wildman–Crippen MR) is 46.2 cm³/mol. The average Bonchev–Trinajstić information content (AvgIpc) is 2.97. The molecule has 80 valence electrons. The Labute approximate surface area is 84.1 Å². The second-order valence-corrected chi connectivity index (χ2v) is 3.70. The van der Waals surface area contributed by atoms with E-state index in [-0.39, 0.29) is 0 Å². The van der Waals surface area contributed by atoms with E-state index in [1.165, 1.54) is 6.07 Å². The summed E-state index contributed by atoms with van der Waals surface area (Å²) in [6, 6.07) is 2.25. The standard InChI is InChI=1S/C10H8F3NO/c11-10(12,13)8-2-1-7(5-14-8)9(6-15)3-4-9/h1-2,5-6H,3-4H2. The van der Waals surface area contributed by atoms with Crippen LogP contribution in [0.15, 0.2) is 18.3 Å². The number of nitrogens with zero attached hydrogens (tertiary/aromatic N) is 1. The van der Waals surface area contributed by atoms with Crippen LogP contribution in [-0.2, 0) is 16.4 Å². The topological polar surface area (TPSA) is 30.0 Å². The maximum atomic E-state index is 12.2. The molecule has 0 amide bonds. The van der Waals surface area contributed by atoms with E-state index < -0.39 is 17.3 Å². The zero-order valence-corrected chi connectivity index (χ0v) is 7.71. The molecule has 1 aromatic heterocycles. The van der Waals surface area contributed by atoms with Gasteiger partial charge in [0, 0.05) is 6.20 Å². The first-order chi connectivity index (χ1) is 6.98. The molecular formula is C10H8F3NO. The molecule has 1 aliphatic rings. The summed E-state index contributed by atoms with van der Waals surface area (Å²) in [5.41, 5.74) is -0.907. The van der Waals surface area contributed by atoms with E-state index in [0.717, 1.165) is 18.5 Å². The van der Waals surface area contributed by atoms with Gasteiger partial charge in [-0.25, -0.2) is 0 Å². The second-order valence-electron chi connectivity index (χ2n) is 3.70. The lowest BCUT2D eigenvalue weighted by Gasteiger charge is -2.09. The fourth-order valence-electron chi connectivity index (χ4n) is 1.47. The third-order valence-corrected chi connectivity index (χ3v) is 2.64. The molecule has 0 bridgehead atoms. The molecule has 0 aromatic carbocycles. The highest BCUT2D eigenvalue weighted by molar-refractivity contribution is 5.72. The zero-order chi connectivity index (χ0) is 11.1. The van der Waals surface area contributed by atoms with Gasteiger partial charge in [-0.15, -0.1) is 0 Å². The Balaban J connectivity index is 2.29. The maximum Gasteiger partial charge on any atom is 0.433 e. The molecule has 1 heterocycles. The Bertz CT molecular complexity index is 379. The molecule has 1 fully saturated rings. The molecule has 2 rings (SSSR count). The van der Waals surface area contributed by atoms with Gasteiger partial charge in [0.2, 0.25) is 0 Å². The molecule has 0 saturated heterocycles. The van der Waals surface area contributed by atoms with Crippen LogP contribution < -0.4 is 0 Å². The predicted octanol–water partition coefficient (Wildman–Crippen LogP) is 2.33. The van der Waals surface area contributed by atoms with Crippen molar-refractivity contribution in [3.63, 3.8) is 0 Å². The third kappa shape index (κ3) is 1.73. The molecule has 0 aliphatic heterocycles. The number of aromatic nitrogens is 1.